The minimum Gasteiger partial charge on any atom is -0.494 e. The summed E-state index contributed by atoms with van der Waals surface area (Å²) in [4.78, 5) is 14.5. The lowest BCUT2D eigenvalue weighted by Crippen LogP contribution is -2.40. The minimum atomic E-state index is 0.149. The van der Waals surface area contributed by atoms with Gasteiger partial charge in [-0.05, 0) is 56.3 Å². The van der Waals surface area contributed by atoms with Crippen molar-refractivity contribution < 1.29 is 9.53 Å². The molecular formula is C20H32N2O2. The van der Waals surface area contributed by atoms with Gasteiger partial charge >= 0.3 is 0 Å². The second kappa shape index (κ2) is 10.3. The molecule has 1 aromatic rings. The molecule has 1 aliphatic heterocycles. The van der Waals surface area contributed by atoms with Crippen LogP contribution in [0.3, 0.4) is 0 Å². The van der Waals surface area contributed by atoms with E-state index in [9.17, 15) is 4.79 Å². The van der Waals surface area contributed by atoms with E-state index in [0.29, 0.717) is 18.9 Å². The van der Waals surface area contributed by atoms with Crippen LogP contribution < -0.4 is 10.1 Å². The van der Waals surface area contributed by atoms with Crippen LogP contribution >= 0.6 is 0 Å². The maximum atomic E-state index is 11.9. The minimum absolute atomic E-state index is 0.149. The fraction of sp³-hybridized carbons (Fsp3) is 0.650. The summed E-state index contributed by atoms with van der Waals surface area (Å²) in [5.41, 5.74) is 0. The number of carbonyl (C=O) groups excluding carboxylic acids is 1. The maximum absolute atomic E-state index is 11.9. The Morgan fingerprint density at radius 1 is 1.25 bits per heavy atom. The fourth-order valence-electron chi connectivity index (χ4n) is 3.18. The van der Waals surface area contributed by atoms with Crippen molar-refractivity contribution in [3.63, 3.8) is 0 Å². The van der Waals surface area contributed by atoms with Crippen LogP contribution in [0.1, 0.15) is 39.5 Å². The summed E-state index contributed by atoms with van der Waals surface area (Å²) in [6, 6.07) is 9.74. The summed E-state index contributed by atoms with van der Waals surface area (Å²) < 4.78 is 5.61. The van der Waals surface area contributed by atoms with Crippen LogP contribution in [0.15, 0.2) is 30.3 Å². The predicted molar refractivity (Wildman–Crippen MR) is 98.2 cm³/mol. The van der Waals surface area contributed by atoms with Gasteiger partial charge in [-0.3, -0.25) is 4.79 Å². The van der Waals surface area contributed by atoms with E-state index >= 15 is 0 Å². The van der Waals surface area contributed by atoms with Crippen LogP contribution in [0.4, 0.5) is 0 Å². The molecular weight excluding hydrogens is 300 g/mol. The molecule has 0 spiro atoms. The van der Waals surface area contributed by atoms with Gasteiger partial charge in [-0.2, -0.15) is 0 Å². The average Bonchev–Trinajstić information content (AvgIpc) is 2.58. The second-order valence-corrected chi connectivity index (χ2v) is 7.21. The number of ether oxygens (including phenoxy) is 1. The molecule has 0 bridgehead atoms. The van der Waals surface area contributed by atoms with Crippen molar-refractivity contribution in [2.45, 2.75) is 39.5 Å². The van der Waals surface area contributed by atoms with Crippen molar-refractivity contribution >= 4 is 5.91 Å². The highest BCUT2D eigenvalue weighted by Crippen LogP contribution is 2.17. The van der Waals surface area contributed by atoms with Crippen molar-refractivity contribution in [3.8, 4) is 5.75 Å². The van der Waals surface area contributed by atoms with Crippen molar-refractivity contribution in [3.05, 3.63) is 30.3 Å². The zero-order valence-corrected chi connectivity index (χ0v) is 15.2. The first-order chi connectivity index (χ1) is 11.6. The van der Waals surface area contributed by atoms with Gasteiger partial charge in [-0.1, -0.05) is 32.0 Å². The third-order valence-electron chi connectivity index (χ3n) is 4.48. The van der Waals surface area contributed by atoms with Gasteiger partial charge in [0, 0.05) is 19.5 Å². The Morgan fingerprint density at radius 3 is 2.62 bits per heavy atom. The Labute approximate surface area is 146 Å². The zero-order valence-electron chi connectivity index (χ0n) is 15.2. The van der Waals surface area contributed by atoms with Gasteiger partial charge in [0.2, 0.25) is 5.91 Å². The van der Waals surface area contributed by atoms with E-state index in [-0.39, 0.29) is 5.91 Å². The molecule has 0 aliphatic carbocycles. The molecule has 1 fully saturated rings. The van der Waals surface area contributed by atoms with Gasteiger partial charge in [0.1, 0.15) is 5.75 Å². The van der Waals surface area contributed by atoms with E-state index in [1.807, 2.05) is 30.3 Å². The van der Waals surface area contributed by atoms with Gasteiger partial charge in [0.15, 0.2) is 0 Å². The molecule has 1 N–H and O–H groups in total. The molecule has 1 heterocycles. The monoisotopic (exact) mass is 332 g/mol. The summed E-state index contributed by atoms with van der Waals surface area (Å²) in [5, 5.41) is 3.09. The van der Waals surface area contributed by atoms with E-state index in [1.54, 1.807) is 0 Å². The number of carbonyl (C=O) groups is 1. The number of benzene rings is 1. The van der Waals surface area contributed by atoms with Gasteiger partial charge in [0.25, 0.3) is 0 Å². The summed E-state index contributed by atoms with van der Waals surface area (Å²) in [6.45, 7) is 9.49. The molecule has 0 radical (unpaired) electrons. The molecule has 1 amide bonds. The first-order valence-electron chi connectivity index (χ1n) is 9.30. The number of piperidine rings is 1. The van der Waals surface area contributed by atoms with Crippen molar-refractivity contribution in [2.75, 3.05) is 32.8 Å². The van der Waals surface area contributed by atoms with Crippen LogP contribution in [0.5, 0.6) is 5.75 Å². The Morgan fingerprint density at radius 2 is 1.96 bits per heavy atom. The molecule has 0 saturated carbocycles. The predicted octanol–water partition coefficient (Wildman–Crippen LogP) is 3.33. The van der Waals surface area contributed by atoms with Crippen LogP contribution in [-0.4, -0.2) is 43.6 Å². The number of hydrogen-bond acceptors (Lipinski definition) is 3. The first-order valence-corrected chi connectivity index (χ1v) is 9.30. The number of rotatable bonds is 9. The van der Waals surface area contributed by atoms with Crippen LogP contribution in [0.2, 0.25) is 0 Å². The lowest BCUT2D eigenvalue weighted by molar-refractivity contribution is -0.121. The third kappa shape index (κ3) is 7.35. The number of amides is 1. The van der Waals surface area contributed by atoms with Gasteiger partial charge in [-0.25, -0.2) is 0 Å². The summed E-state index contributed by atoms with van der Waals surface area (Å²) in [5.74, 6) is 2.39. The standard InChI is InChI=1S/C20H32N2O2/c1-17(2)16-22-12-10-18(11-13-22)15-21-20(23)9-6-14-24-19-7-4-3-5-8-19/h3-5,7-8,17-18H,6,9-16H2,1-2H3,(H,21,23). The molecule has 0 unspecified atom stereocenters. The molecule has 1 saturated heterocycles. The highest BCUT2D eigenvalue weighted by Gasteiger charge is 2.19. The number of nitrogens with one attached hydrogen (secondary N) is 1. The van der Waals surface area contributed by atoms with Crippen molar-refractivity contribution in [1.29, 1.82) is 0 Å². The summed E-state index contributed by atoms with van der Waals surface area (Å²) in [6.07, 6.45) is 3.70. The maximum Gasteiger partial charge on any atom is 0.220 e. The largest absolute Gasteiger partial charge is 0.494 e. The normalized spacial score (nSPS) is 16.3. The molecule has 0 atom stereocenters. The Hall–Kier alpha value is -1.55. The molecule has 1 aliphatic rings. The first kappa shape index (κ1) is 18.8. The molecule has 0 aromatic heterocycles. The number of nitrogens with zero attached hydrogens (tertiary/aromatic N) is 1. The molecule has 2 rings (SSSR count). The molecule has 134 valence electrons. The van der Waals surface area contributed by atoms with E-state index in [2.05, 4.69) is 24.1 Å². The zero-order chi connectivity index (χ0) is 17.2. The molecule has 4 nitrogen and oxygen atoms in total. The summed E-state index contributed by atoms with van der Waals surface area (Å²) in [7, 11) is 0. The van der Waals surface area contributed by atoms with Gasteiger partial charge in [-0.15, -0.1) is 0 Å². The molecule has 24 heavy (non-hydrogen) atoms. The van der Waals surface area contributed by atoms with E-state index in [4.69, 9.17) is 4.74 Å². The molecule has 1 aromatic carbocycles. The third-order valence-corrected chi connectivity index (χ3v) is 4.48. The topological polar surface area (TPSA) is 41.6 Å². The SMILES string of the molecule is CC(C)CN1CCC(CNC(=O)CCCOc2ccccc2)CC1. The Bertz CT molecular complexity index is 468. The van der Waals surface area contributed by atoms with Crippen LogP contribution in [-0.2, 0) is 4.79 Å². The lowest BCUT2D eigenvalue weighted by Gasteiger charge is -2.33. The van der Waals surface area contributed by atoms with Crippen molar-refractivity contribution in [1.82, 2.24) is 10.2 Å². The van der Waals surface area contributed by atoms with Crippen molar-refractivity contribution in [2.24, 2.45) is 11.8 Å². The quantitative estimate of drug-likeness (QED) is 0.705. The second-order valence-electron chi connectivity index (χ2n) is 7.21. The van der Waals surface area contributed by atoms with E-state index in [0.717, 1.165) is 24.6 Å². The number of hydrogen-bond donors (Lipinski definition) is 1. The van der Waals surface area contributed by atoms with Crippen LogP contribution in [0.25, 0.3) is 0 Å². The highest BCUT2D eigenvalue weighted by atomic mass is 16.5. The fourth-order valence-corrected chi connectivity index (χ4v) is 3.18. The van der Waals surface area contributed by atoms with Crippen LogP contribution in [0, 0.1) is 11.8 Å². The number of para-hydroxylation sites is 1. The Kier molecular flexibility index (Phi) is 8.10. The highest BCUT2D eigenvalue weighted by molar-refractivity contribution is 5.75. The van der Waals surface area contributed by atoms with E-state index in [1.165, 1.54) is 32.5 Å². The van der Waals surface area contributed by atoms with E-state index < -0.39 is 0 Å². The number of likely N-dealkylation sites (tertiary alicyclic amines) is 1. The lowest BCUT2D eigenvalue weighted by atomic mass is 9.96. The van der Waals surface area contributed by atoms with Gasteiger partial charge < -0.3 is 15.0 Å². The smallest absolute Gasteiger partial charge is 0.220 e. The Balaban J connectivity index is 1.51. The molecule has 4 heteroatoms. The summed E-state index contributed by atoms with van der Waals surface area (Å²) >= 11 is 0. The van der Waals surface area contributed by atoms with Gasteiger partial charge in [0.05, 0.1) is 6.61 Å². The average molecular weight is 332 g/mol.